The summed E-state index contributed by atoms with van der Waals surface area (Å²) in [6, 6.07) is 7.64. The van der Waals surface area contributed by atoms with Crippen LogP contribution in [-0.4, -0.2) is 11.2 Å². The molecule has 0 bridgehead atoms. The first-order chi connectivity index (χ1) is 6.15. The second-order valence-electron chi connectivity index (χ2n) is 3.32. The molecule has 0 saturated carbocycles. The quantitative estimate of drug-likeness (QED) is 0.791. The highest BCUT2D eigenvalue weighted by Gasteiger charge is 2.13. The monoisotopic (exact) mass is 198 g/mol. The fourth-order valence-electron chi connectivity index (χ4n) is 1.34. The van der Waals surface area contributed by atoms with Crippen molar-refractivity contribution < 1.29 is 5.11 Å². The maximum absolute atomic E-state index is 9.62. The van der Waals surface area contributed by atoms with Crippen molar-refractivity contribution in [2.24, 2.45) is 0 Å². The van der Waals surface area contributed by atoms with Crippen LogP contribution in [0.2, 0.25) is 5.02 Å². The van der Waals surface area contributed by atoms with Crippen LogP contribution in [0, 0.1) is 0 Å². The van der Waals surface area contributed by atoms with Crippen LogP contribution >= 0.6 is 11.6 Å². The number of hydrogen-bond donors (Lipinski definition) is 1. The van der Waals surface area contributed by atoms with Gasteiger partial charge >= 0.3 is 0 Å². The highest BCUT2D eigenvalue weighted by Crippen LogP contribution is 2.22. The van der Waals surface area contributed by atoms with E-state index in [1.165, 1.54) is 0 Å². The first-order valence-electron chi connectivity index (χ1n) is 4.58. The van der Waals surface area contributed by atoms with Crippen molar-refractivity contribution in [2.45, 2.75) is 32.3 Å². The van der Waals surface area contributed by atoms with Gasteiger partial charge in [0.25, 0.3) is 0 Å². The minimum Gasteiger partial charge on any atom is -0.393 e. The molecule has 1 nitrogen and oxygen atoms in total. The summed E-state index contributed by atoms with van der Waals surface area (Å²) in [7, 11) is 0. The molecule has 0 aromatic heterocycles. The Morgan fingerprint density at radius 3 is 2.31 bits per heavy atom. The maximum Gasteiger partial charge on any atom is 0.0603 e. The molecule has 2 atom stereocenters. The molecule has 1 N–H and O–H groups in total. The van der Waals surface area contributed by atoms with Crippen LogP contribution in [0.3, 0.4) is 0 Å². The highest BCUT2D eigenvalue weighted by molar-refractivity contribution is 6.30. The van der Waals surface area contributed by atoms with Gasteiger partial charge in [0.1, 0.15) is 0 Å². The van der Waals surface area contributed by atoms with Crippen molar-refractivity contribution in [1.82, 2.24) is 0 Å². The minimum atomic E-state index is -0.263. The molecule has 72 valence electrons. The van der Waals surface area contributed by atoms with Gasteiger partial charge < -0.3 is 5.11 Å². The zero-order valence-corrected chi connectivity index (χ0v) is 8.75. The van der Waals surface area contributed by atoms with Gasteiger partial charge in [-0.1, -0.05) is 37.6 Å². The standard InChI is InChI=1S/C11H15ClO/c1-3-11(13)8(2)9-4-6-10(12)7-5-9/h4-8,11,13H,3H2,1-2H3. The normalized spacial score (nSPS) is 15.4. The van der Waals surface area contributed by atoms with E-state index in [2.05, 4.69) is 0 Å². The molecule has 0 aliphatic carbocycles. The molecule has 0 fully saturated rings. The zero-order chi connectivity index (χ0) is 9.84. The van der Waals surface area contributed by atoms with Crippen LogP contribution < -0.4 is 0 Å². The molecular weight excluding hydrogens is 184 g/mol. The molecule has 1 aromatic rings. The molecule has 2 unspecified atom stereocenters. The number of aliphatic hydroxyl groups is 1. The summed E-state index contributed by atoms with van der Waals surface area (Å²) in [6.45, 7) is 4.01. The van der Waals surface area contributed by atoms with Crippen molar-refractivity contribution in [3.63, 3.8) is 0 Å². The summed E-state index contributed by atoms with van der Waals surface area (Å²) >= 11 is 5.77. The van der Waals surface area contributed by atoms with E-state index in [0.717, 1.165) is 17.0 Å². The molecule has 13 heavy (non-hydrogen) atoms. The van der Waals surface area contributed by atoms with Gasteiger partial charge in [-0.3, -0.25) is 0 Å². The Labute approximate surface area is 84.4 Å². The van der Waals surface area contributed by atoms with E-state index in [1.807, 2.05) is 38.1 Å². The second-order valence-corrected chi connectivity index (χ2v) is 3.75. The summed E-state index contributed by atoms with van der Waals surface area (Å²) < 4.78 is 0. The van der Waals surface area contributed by atoms with Crippen molar-refractivity contribution in [1.29, 1.82) is 0 Å². The SMILES string of the molecule is CCC(O)C(C)c1ccc(Cl)cc1. The van der Waals surface area contributed by atoms with Gasteiger partial charge in [0.15, 0.2) is 0 Å². The highest BCUT2D eigenvalue weighted by atomic mass is 35.5. The van der Waals surface area contributed by atoms with Crippen molar-refractivity contribution in [3.8, 4) is 0 Å². The molecule has 0 aliphatic rings. The Balaban J connectivity index is 2.77. The predicted molar refractivity (Wildman–Crippen MR) is 56.2 cm³/mol. The van der Waals surface area contributed by atoms with Gasteiger partial charge in [-0.05, 0) is 24.1 Å². The largest absolute Gasteiger partial charge is 0.393 e. The Morgan fingerprint density at radius 1 is 1.31 bits per heavy atom. The van der Waals surface area contributed by atoms with E-state index in [1.54, 1.807) is 0 Å². The van der Waals surface area contributed by atoms with Gasteiger partial charge in [-0.2, -0.15) is 0 Å². The lowest BCUT2D eigenvalue weighted by Crippen LogP contribution is -2.14. The van der Waals surface area contributed by atoms with Crippen LogP contribution in [-0.2, 0) is 0 Å². The summed E-state index contributed by atoms with van der Waals surface area (Å²) in [6.07, 6.45) is 0.519. The first kappa shape index (κ1) is 10.6. The number of halogens is 1. The van der Waals surface area contributed by atoms with E-state index < -0.39 is 0 Å². The Hall–Kier alpha value is -0.530. The third-order valence-corrected chi connectivity index (χ3v) is 2.64. The van der Waals surface area contributed by atoms with Crippen LogP contribution in [0.1, 0.15) is 31.7 Å². The first-order valence-corrected chi connectivity index (χ1v) is 4.96. The molecule has 1 aromatic carbocycles. The smallest absolute Gasteiger partial charge is 0.0603 e. The fourth-order valence-corrected chi connectivity index (χ4v) is 1.47. The third-order valence-electron chi connectivity index (χ3n) is 2.39. The molecule has 1 rings (SSSR count). The van der Waals surface area contributed by atoms with E-state index in [9.17, 15) is 5.11 Å². The number of aliphatic hydroxyl groups excluding tert-OH is 1. The number of benzene rings is 1. The van der Waals surface area contributed by atoms with Gasteiger partial charge in [-0.15, -0.1) is 0 Å². The van der Waals surface area contributed by atoms with Crippen molar-refractivity contribution in [3.05, 3.63) is 34.9 Å². The van der Waals surface area contributed by atoms with E-state index in [-0.39, 0.29) is 12.0 Å². The van der Waals surface area contributed by atoms with E-state index in [0.29, 0.717) is 0 Å². The van der Waals surface area contributed by atoms with Gasteiger partial charge in [0.05, 0.1) is 6.10 Å². The van der Waals surface area contributed by atoms with Gasteiger partial charge in [-0.25, -0.2) is 0 Å². The zero-order valence-electron chi connectivity index (χ0n) is 8.00. The number of hydrogen-bond acceptors (Lipinski definition) is 1. The van der Waals surface area contributed by atoms with Crippen LogP contribution in [0.15, 0.2) is 24.3 Å². The lowest BCUT2D eigenvalue weighted by atomic mass is 9.94. The summed E-state index contributed by atoms with van der Waals surface area (Å²) in [5.41, 5.74) is 1.14. The summed E-state index contributed by atoms with van der Waals surface area (Å²) in [4.78, 5) is 0. The average molecular weight is 199 g/mol. The van der Waals surface area contributed by atoms with Gasteiger partial charge in [0, 0.05) is 10.9 Å². The van der Waals surface area contributed by atoms with Crippen molar-refractivity contribution in [2.75, 3.05) is 0 Å². The molecule has 0 saturated heterocycles. The van der Waals surface area contributed by atoms with E-state index >= 15 is 0 Å². The van der Waals surface area contributed by atoms with Gasteiger partial charge in [0.2, 0.25) is 0 Å². The minimum absolute atomic E-state index is 0.183. The molecule has 2 heteroatoms. The summed E-state index contributed by atoms with van der Waals surface area (Å²) in [5.74, 6) is 0.183. The lowest BCUT2D eigenvalue weighted by molar-refractivity contribution is 0.145. The molecule has 0 aliphatic heterocycles. The molecule has 0 heterocycles. The average Bonchev–Trinajstić information content (AvgIpc) is 2.17. The second kappa shape index (κ2) is 4.64. The Kier molecular flexibility index (Phi) is 3.76. The van der Waals surface area contributed by atoms with Crippen LogP contribution in [0.5, 0.6) is 0 Å². The fraction of sp³-hybridized carbons (Fsp3) is 0.455. The lowest BCUT2D eigenvalue weighted by Gasteiger charge is -2.17. The topological polar surface area (TPSA) is 20.2 Å². The molecule has 0 spiro atoms. The van der Waals surface area contributed by atoms with Crippen molar-refractivity contribution >= 4 is 11.6 Å². The number of rotatable bonds is 3. The molecule has 0 amide bonds. The maximum atomic E-state index is 9.62. The molecule has 0 radical (unpaired) electrons. The predicted octanol–water partition coefficient (Wildman–Crippen LogP) is 3.21. The van der Waals surface area contributed by atoms with Crippen LogP contribution in [0.25, 0.3) is 0 Å². The van der Waals surface area contributed by atoms with E-state index in [4.69, 9.17) is 11.6 Å². The third kappa shape index (κ3) is 2.71. The Bertz CT molecular complexity index is 255. The Morgan fingerprint density at radius 2 is 1.85 bits per heavy atom. The van der Waals surface area contributed by atoms with Crippen LogP contribution in [0.4, 0.5) is 0 Å². The summed E-state index contributed by atoms with van der Waals surface area (Å²) in [5, 5.41) is 10.4. The molecular formula is C11H15ClO.